The van der Waals surface area contributed by atoms with Crippen LogP contribution in [0.1, 0.15) is 40.7 Å². The Labute approximate surface area is 246 Å². The van der Waals surface area contributed by atoms with Crippen molar-refractivity contribution in [1.29, 1.82) is 0 Å². The fourth-order valence-corrected chi connectivity index (χ4v) is 8.46. The number of β-amino-alcohol motifs (C(OH)–C–C–N with tert-alkyl or cyclic N) is 1. The molecule has 2 aliphatic carbocycles. The Kier molecular flexibility index (Phi) is 6.46. The number of phenols is 1. The first-order valence-electron chi connectivity index (χ1n) is 15.0. The van der Waals surface area contributed by atoms with Crippen molar-refractivity contribution >= 4 is 12.0 Å². The van der Waals surface area contributed by atoms with Crippen LogP contribution in [0.5, 0.6) is 11.5 Å². The van der Waals surface area contributed by atoms with E-state index in [1.807, 2.05) is 61.5 Å². The van der Waals surface area contributed by atoms with Crippen LogP contribution in [-0.2, 0) is 23.1 Å². The fourth-order valence-electron chi connectivity index (χ4n) is 8.46. The van der Waals surface area contributed by atoms with Gasteiger partial charge in [-0.05, 0) is 61.4 Å². The van der Waals surface area contributed by atoms with E-state index in [2.05, 4.69) is 17.0 Å². The zero-order valence-corrected chi connectivity index (χ0v) is 24.1. The molecule has 3 aromatic carbocycles. The number of aliphatic hydroxyl groups excluding tert-OH is 1. The Bertz CT molecular complexity index is 1560. The van der Waals surface area contributed by atoms with Gasteiger partial charge in [-0.1, -0.05) is 66.2 Å². The lowest BCUT2D eigenvalue weighted by molar-refractivity contribution is -0.235. The van der Waals surface area contributed by atoms with E-state index in [9.17, 15) is 20.1 Å². The van der Waals surface area contributed by atoms with Crippen molar-refractivity contribution in [2.24, 2.45) is 0 Å². The quantitative estimate of drug-likeness (QED) is 0.395. The number of hydrogen-bond donors (Lipinski definition) is 3. The summed E-state index contributed by atoms with van der Waals surface area (Å²) in [5.41, 5.74) is 2.55. The maximum Gasteiger partial charge on any atom is 0.246 e. The summed E-state index contributed by atoms with van der Waals surface area (Å²) >= 11 is 0. The lowest BCUT2D eigenvalue weighted by Crippen LogP contribution is -2.82. The van der Waals surface area contributed by atoms with Gasteiger partial charge in [-0.2, -0.15) is 0 Å². The normalized spacial score (nSPS) is 31.0. The SMILES string of the molecule is Cc1cccc(/C=C/C(=O)N(C)C2CC[C@@]3(O)[C@H]4Cc5ccc(O)c6c5[C@@]3(C(O)CN4CCc3ccccc3)C2O6)c1. The fraction of sp³-hybridized carbons (Fsp3) is 0.400. The van der Waals surface area contributed by atoms with E-state index in [1.165, 1.54) is 5.56 Å². The highest BCUT2D eigenvalue weighted by atomic mass is 16.5. The first-order chi connectivity index (χ1) is 20.2. The molecule has 1 saturated heterocycles. The second-order valence-electron chi connectivity index (χ2n) is 12.5. The molecule has 7 rings (SSSR count). The Balaban J connectivity index is 1.24. The number of ether oxygens (including phenoxy) is 1. The number of hydrogen-bond acceptors (Lipinski definition) is 6. The van der Waals surface area contributed by atoms with Crippen molar-refractivity contribution in [2.75, 3.05) is 20.1 Å². The molecule has 1 spiro atoms. The first-order valence-corrected chi connectivity index (χ1v) is 15.0. The molecule has 3 N–H and O–H groups in total. The number of aromatic hydroxyl groups is 1. The zero-order valence-electron chi connectivity index (χ0n) is 24.1. The van der Waals surface area contributed by atoms with Gasteiger partial charge in [0.15, 0.2) is 11.5 Å². The molecule has 0 radical (unpaired) electrons. The van der Waals surface area contributed by atoms with Crippen molar-refractivity contribution in [1.82, 2.24) is 9.80 Å². The molecule has 4 aliphatic rings. The molecule has 3 unspecified atom stereocenters. The summed E-state index contributed by atoms with van der Waals surface area (Å²) in [6.45, 7) is 3.11. The van der Waals surface area contributed by atoms with Crippen LogP contribution in [-0.4, -0.2) is 81.1 Å². The summed E-state index contributed by atoms with van der Waals surface area (Å²) < 4.78 is 6.57. The number of likely N-dealkylation sites (tertiary alicyclic amines) is 1. The van der Waals surface area contributed by atoms with Gasteiger partial charge in [0.2, 0.25) is 5.91 Å². The number of amides is 1. The van der Waals surface area contributed by atoms with E-state index in [1.54, 1.807) is 24.1 Å². The highest BCUT2D eigenvalue weighted by Gasteiger charge is 2.76. The molecule has 42 heavy (non-hydrogen) atoms. The number of nitrogens with zero attached hydrogens (tertiary/aromatic N) is 2. The lowest BCUT2D eigenvalue weighted by Gasteiger charge is -2.66. The average Bonchev–Trinajstić information content (AvgIpc) is 3.36. The van der Waals surface area contributed by atoms with E-state index in [0.29, 0.717) is 38.1 Å². The van der Waals surface area contributed by atoms with Gasteiger partial charge in [0.25, 0.3) is 0 Å². The summed E-state index contributed by atoms with van der Waals surface area (Å²) in [5.74, 6) is 0.174. The van der Waals surface area contributed by atoms with Gasteiger partial charge < -0.3 is 25.0 Å². The van der Waals surface area contributed by atoms with Gasteiger partial charge in [0.1, 0.15) is 6.10 Å². The minimum absolute atomic E-state index is 0.00380. The molecule has 7 nitrogen and oxygen atoms in total. The van der Waals surface area contributed by atoms with Gasteiger partial charge in [-0.25, -0.2) is 0 Å². The maximum atomic E-state index is 13.5. The third-order valence-corrected chi connectivity index (χ3v) is 10.4. The monoisotopic (exact) mass is 566 g/mol. The number of carbonyl (C=O) groups excluding carboxylic acids is 1. The summed E-state index contributed by atoms with van der Waals surface area (Å²) in [4.78, 5) is 17.4. The third-order valence-electron chi connectivity index (χ3n) is 10.4. The maximum absolute atomic E-state index is 13.5. The van der Waals surface area contributed by atoms with Crippen molar-refractivity contribution in [2.45, 2.75) is 67.9 Å². The molecule has 0 aromatic heterocycles. The number of likely N-dealkylation sites (N-methyl/N-ethyl adjacent to an activating group) is 1. The first kappa shape index (κ1) is 27.2. The second-order valence-corrected chi connectivity index (χ2v) is 12.5. The number of carbonyl (C=O) groups is 1. The average molecular weight is 567 g/mol. The van der Waals surface area contributed by atoms with E-state index >= 15 is 0 Å². The molecule has 6 atom stereocenters. The van der Waals surface area contributed by atoms with Gasteiger partial charge in [0.05, 0.1) is 23.2 Å². The van der Waals surface area contributed by atoms with Crippen LogP contribution in [0, 0.1) is 6.92 Å². The van der Waals surface area contributed by atoms with Crippen LogP contribution < -0.4 is 4.74 Å². The van der Waals surface area contributed by atoms with Crippen LogP contribution in [0.15, 0.2) is 72.8 Å². The molecule has 3 aromatic rings. The molecule has 2 aliphatic heterocycles. The molecular formula is C35H38N2O5. The summed E-state index contributed by atoms with van der Waals surface area (Å²) in [6, 6.07) is 21.2. The van der Waals surface area contributed by atoms with E-state index in [4.69, 9.17) is 4.74 Å². The predicted octanol–water partition coefficient (Wildman–Crippen LogP) is 3.61. The Morgan fingerprint density at radius 1 is 1.14 bits per heavy atom. The standard InChI is InChI=1S/C35H38N2O5/c1-22-7-6-10-24(19-22)11-14-30(40)36(2)26-15-17-34(41)28-20-25-12-13-27(38)32-31(25)35(34,33(26)42-32)29(39)21-37(28)18-16-23-8-4-3-5-9-23/h3-14,19,26,28-29,33,38-39,41H,15-18,20-21H2,1-2H3/b14-11+/t26?,28-,29?,33?,34-,35+/m1/s1. The summed E-state index contributed by atoms with van der Waals surface area (Å²) in [5, 5.41) is 35.8. The molecule has 1 amide bonds. The van der Waals surface area contributed by atoms with Crippen LogP contribution in [0.3, 0.4) is 0 Å². The Morgan fingerprint density at radius 2 is 1.95 bits per heavy atom. The third kappa shape index (κ3) is 3.87. The number of phenolic OH excluding ortho intramolecular Hbond substituents is 1. The van der Waals surface area contributed by atoms with Crippen molar-refractivity contribution < 1.29 is 24.9 Å². The molecule has 2 bridgehead atoms. The number of aliphatic hydroxyl groups is 2. The summed E-state index contributed by atoms with van der Waals surface area (Å²) in [7, 11) is 1.77. The van der Waals surface area contributed by atoms with Crippen LogP contribution in [0.25, 0.3) is 6.08 Å². The zero-order chi connectivity index (χ0) is 29.2. The van der Waals surface area contributed by atoms with E-state index in [-0.39, 0.29) is 17.7 Å². The number of piperidine rings is 1. The Hall–Kier alpha value is -3.65. The van der Waals surface area contributed by atoms with Gasteiger partial charge in [-0.3, -0.25) is 9.69 Å². The highest BCUT2D eigenvalue weighted by molar-refractivity contribution is 5.92. The molecule has 7 heteroatoms. The van der Waals surface area contributed by atoms with Crippen molar-refractivity contribution in [3.63, 3.8) is 0 Å². The Morgan fingerprint density at radius 3 is 2.74 bits per heavy atom. The predicted molar refractivity (Wildman–Crippen MR) is 160 cm³/mol. The van der Waals surface area contributed by atoms with Crippen LogP contribution in [0.2, 0.25) is 0 Å². The van der Waals surface area contributed by atoms with Crippen molar-refractivity contribution in [3.8, 4) is 11.5 Å². The molecule has 2 fully saturated rings. The molecule has 1 saturated carbocycles. The summed E-state index contributed by atoms with van der Waals surface area (Å²) in [6.07, 6.45) is 4.09. The second kappa shape index (κ2) is 9.97. The minimum atomic E-state index is -1.28. The topological polar surface area (TPSA) is 93.5 Å². The van der Waals surface area contributed by atoms with Gasteiger partial charge in [-0.15, -0.1) is 0 Å². The number of benzene rings is 3. The largest absolute Gasteiger partial charge is 0.504 e. The number of aryl methyl sites for hydroxylation is 1. The van der Waals surface area contributed by atoms with Gasteiger partial charge in [0, 0.05) is 37.8 Å². The highest BCUT2D eigenvalue weighted by Crippen LogP contribution is 2.65. The van der Waals surface area contributed by atoms with Gasteiger partial charge >= 0.3 is 0 Å². The smallest absolute Gasteiger partial charge is 0.246 e. The van der Waals surface area contributed by atoms with Crippen molar-refractivity contribution in [3.05, 3.63) is 101 Å². The van der Waals surface area contributed by atoms with E-state index in [0.717, 1.165) is 28.7 Å². The van der Waals surface area contributed by atoms with E-state index < -0.39 is 29.3 Å². The number of rotatable bonds is 6. The molecular weight excluding hydrogens is 528 g/mol. The van der Waals surface area contributed by atoms with Crippen LogP contribution in [0.4, 0.5) is 0 Å². The molecule has 2 heterocycles. The lowest BCUT2D eigenvalue weighted by atomic mass is 9.47. The van der Waals surface area contributed by atoms with Crippen LogP contribution >= 0.6 is 0 Å². The molecule has 218 valence electrons. The minimum Gasteiger partial charge on any atom is -0.504 e.